The van der Waals surface area contributed by atoms with E-state index >= 15 is 0 Å². The summed E-state index contributed by atoms with van der Waals surface area (Å²) in [7, 11) is 0. The van der Waals surface area contributed by atoms with Gasteiger partial charge in [0.1, 0.15) is 11.6 Å². The van der Waals surface area contributed by atoms with Gasteiger partial charge in [-0.05, 0) is 43.9 Å². The van der Waals surface area contributed by atoms with E-state index in [0.29, 0.717) is 12.0 Å². The molecule has 1 aromatic carbocycles. The molecule has 0 radical (unpaired) electrons. The molecule has 1 saturated carbocycles. The van der Waals surface area contributed by atoms with Gasteiger partial charge in [0.2, 0.25) is 0 Å². The van der Waals surface area contributed by atoms with Gasteiger partial charge >= 0.3 is 0 Å². The van der Waals surface area contributed by atoms with Crippen LogP contribution in [-0.2, 0) is 6.42 Å². The molecular formula is C17H25F2NS. The quantitative estimate of drug-likeness (QED) is 0.755. The Morgan fingerprint density at radius 1 is 1.29 bits per heavy atom. The summed E-state index contributed by atoms with van der Waals surface area (Å²) in [4.78, 5) is 0. The SMILES string of the molecule is CCCNC(CSC1CCCC1)Cc1ccc(F)cc1F. The predicted octanol–water partition coefficient (Wildman–Crippen LogP) is 4.55. The molecule has 0 saturated heterocycles. The van der Waals surface area contributed by atoms with Crippen molar-refractivity contribution in [3.63, 3.8) is 0 Å². The van der Waals surface area contributed by atoms with Gasteiger partial charge in [0, 0.05) is 23.1 Å². The van der Waals surface area contributed by atoms with Crippen LogP contribution in [-0.4, -0.2) is 23.6 Å². The van der Waals surface area contributed by atoms with Crippen LogP contribution in [0.4, 0.5) is 8.78 Å². The van der Waals surface area contributed by atoms with E-state index in [1.165, 1.54) is 31.7 Å². The highest BCUT2D eigenvalue weighted by atomic mass is 32.2. The minimum absolute atomic E-state index is 0.260. The lowest BCUT2D eigenvalue weighted by Crippen LogP contribution is -2.34. The Kier molecular flexibility index (Phi) is 6.97. The van der Waals surface area contributed by atoms with E-state index in [2.05, 4.69) is 12.2 Å². The lowest BCUT2D eigenvalue weighted by atomic mass is 10.1. The highest BCUT2D eigenvalue weighted by molar-refractivity contribution is 7.99. The first kappa shape index (κ1) is 16.8. The molecular weight excluding hydrogens is 288 g/mol. The third kappa shape index (κ3) is 5.59. The van der Waals surface area contributed by atoms with Gasteiger partial charge in [-0.15, -0.1) is 0 Å². The van der Waals surface area contributed by atoms with Gasteiger partial charge in [0.15, 0.2) is 0 Å². The van der Waals surface area contributed by atoms with E-state index < -0.39 is 11.6 Å². The molecule has 0 aliphatic heterocycles. The van der Waals surface area contributed by atoms with Crippen molar-refractivity contribution in [2.45, 2.75) is 56.7 Å². The Labute approximate surface area is 130 Å². The summed E-state index contributed by atoms with van der Waals surface area (Å²) in [5, 5.41) is 4.27. The molecule has 0 amide bonds. The van der Waals surface area contributed by atoms with Crippen molar-refractivity contribution in [1.29, 1.82) is 0 Å². The molecule has 1 atom stereocenters. The van der Waals surface area contributed by atoms with Crippen LogP contribution in [0.15, 0.2) is 18.2 Å². The Morgan fingerprint density at radius 2 is 2.05 bits per heavy atom. The molecule has 118 valence electrons. The zero-order valence-electron chi connectivity index (χ0n) is 12.7. The number of benzene rings is 1. The minimum atomic E-state index is -0.505. The average molecular weight is 313 g/mol. The number of rotatable bonds is 8. The number of hydrogen-bond donors (Lipinski definition) is 1. The fourth-order valence-electron chi connectivity index (χ4n) is 2.80. The van der Waals surface area contributed by atoms with E-state index in [1.54, 1.807) is 6.07 Å². The molecule has 1 aliphatic carbocycles. The van der Waals surface area contributed by atoms with E-state index in [9.17, 15) is 8.78 Å². The van der Waals surface area contributed by atoms with Crippen LogP contribution < -0.4 is 5.32 Å². The van der Waals surface area contributed by atoms with Crippen LogP contribution in [0.25, 0.3) is 0 Å². The molecule has 0 aromatic heterocycles. The summed E-state index contributed by atoms with van der Waals surface area (Å²) in [5.74, 6) is 0.0698. The van der Waals surface area contributed by atoms with Crippen molar-refractivity contribution in [2.75, 3.05) is 12.3 Å². The fourth-order valence-corrected chi connectivity index (χ4v) is 4.21. The first-order chi connectivity index (χ1) is 10.2. The minimum Gasteiger partial charge on any atom is -0.313 e. The molecule has 0 heterocycles. The molecule has 21 heavy (non-hydrogen) atoms. The second-order valence-electron chi connectivity index (χ2n) is 5.83. The zero-order valence-corrected chi connectivity index (χ0v) is 13.5. The van der Waals surface area contributed by atoms with E-state index in [1.807, 2.05) is 11.8 Å². The number of hydrogen-bond acceptors (Lipinski definition) is 2. The molecule has 1 nitrogen and oxygen atoms in total. The van der Waals surface area contributed by atoms with E-state index in [4.69, 9.17) is 0 Å². The van der Waals surface area contributed by atoms with Crippen LogP contribution in [0.1, 0.15) is 44.6 Å². The number of nitrogens with one attached hydrogen (secondary N) is 1. The van der Waals surface area contributed by atoms with Crippen LogP contribution in [0.3, 0.4) is 0 Å². The molecule has 0 spiro atoms. The second kappa shape index (κ2) is 8.74. The highest BCUT2D eigenvalue weighted by Gasteiger charge is 2.18. The summed E-state index contributed by atoms with van der Waals surface area (Å²) in [6.07, 6.45) is 7.02. The third-order valence-electron chi connectivity index (χ3n) is 4.00. The fraction of sp³-hybridized carbons (Fsp3) is 0.647. The molecule has 0 bridgehead atoms. The molecule has 1 N–H and O–H groups in total. The van der Waals surface area contributed by atoms with Gasteiger partial charge in [-0.1, -0.05) is 25.8 Å². The second-order valence-corrected chi connectivity index (χ2v) is 7.16. The van der Waals surface area contributed by atoms with Crippen molar-refractivity contribution in [3.05, 3.63) is 35.4 Å². The smallest absolute Gasteiger partial charge is 0.129 e. The lowest BCUT2D eigenvalue weighted by molar-refractivity contribution is 0.523. The maximum Gasteiger partial charge on any atom is 0.129 e. The molecule has 4 heteroatoms. The van der Waals surface area contributed by atoms with Crippen LogP contribution in [0, 0.1) is 11.6 Å². The number of halogens is 2. The third-order valence-corrected chi connectivity index (χ3v) is 5.54. The van der Waals surface area contributed by atoms with Crippen molar-refractivity contribution >= 4 is 11.8 Å². The summed E-state index contributed by atoms with van der Waals surface area (Å²) < 4.78 is 26.8. The van der Waals surface area contributed by atoms with Gasteiger partial charge in [-0.3, -0.25) is 0 Å². The van der Waals surface area contributed by atoms with Crippen molar-refractivity contribution in [2.24, 2.45) is 0 Å². The van der Waals surface area contributed by atoms with Gasteiger partial charge in [0.25, 0.3) is 0 Å². The largest absolute Gasteiger partial charge is 0.313 e. The molecule has 1 fully saturated rings. The zero-order chi connectivity index (χ0) is 15.1. The van der Waals surface area contributed by atoms with Crippen LogP contribution in [0.2, 0.25) is 0 Å². The van der Waals surface area contributed by atoms with Crippen LogP contribution >= 0.6 is 11.8 Å². The standard InChI is InChI=1S/C17H25F2NS/c1-2-9-20-15(12-21-16-5-3-4-6-16)10-13-7-8-14(18)11-17(13)19/h7-8,11,15-16,20H,2-6,9-10,12H2,1H3. The lowest BCUT2D eigenvalue weighted by Gasteiger charge is -2.20. The van der Waals surface area contributed by atoms with Gasteiger partial charge in [-0.25, -0.2) is 8.78 Å². The van der Waals surface area contributed by atoms with Gasteiger partial charge in [0.05, 0.1) is 0 Å². The number of thioether (sulfide) groups is 1. The highest BCUT2D eigenvalue weighted by Crippen LogP contribution is 2.30. The summed E-state index contributed by atoms with van der Waals surface area (Å²) in [6, 6.07) is 4.16. The maximum absolute atomic E-state index is 13.8. The Bertz CT molecular complexity index is 433. The van der Waals surface area contributed by atoms with Crippen molar-refractivity contribution < 1.29 is 8.78 Å². The first-order valence-corrected chi connectivity index (χ1v) is 9.03. The Balaban J connectivity index is 1.90. The molecule has 1 aliphatic rings. The van der Waals surface area contributed by atoms with Crippen LogP contribution in [0.5, 0.6) is 0 Å². The monoisotopic (exact) mass is 313 g/mol. The predicted molar refractivity (Wildman–Crippen MR) is 86.9 cm³/mol. The molecule has 1 unspecified atom stereocenters. The van der Waals surface area contributed by atoms with Crippen molar-refractivity contribution in [1.82, 2.24) is 5.32 Å². The Morgan fingerprint density at radius 3 is 2.71 bits per heavy atom. The van der Waals surface area contributed by atoms with E-state index in [0.717, 1.165) is 30.0 Å². The average Bonchev–Trinajstić information content (AvgIpc) is 2.97. The molecule has 2 rings (SSSR count). The first-order valence-electron chi connectivity index (χ1n) is 7.98. The summed E-state index contributed by atoms with van der Waals surface area (Å²) in [5.41, 5.74) is 0.608. The summed E-state index contributed by atoms with van der Waals surface area (Å²) >= 11 is 2.01. The summed E-state index contributed by atoms with van der Waals surface area (Å²) in [6.45, 7) is 3.07. The van der Waals surface area contributed by atoms with E-state index in [-0.39, 0.29) is 6.04 Å². The maximum atomic E-state index is 13.8. The molecule has 1 aromatic rings. The van der Waals surface area contributed by atoms with Gasteiger partial charge < -0.3 is 5.32 Å². The normalized spacial score (nSPS) is 17.3. The van der Waals surface area contributed by atoms with Crippen molar-refractivity contribution in [3.8, 4) is 0 Å². The Hall–Kier alpha value is -0.610. The van der Waals surface area contributed by atoms with Gasteiger partial charge in [-0.2, -0.15) is 11.8 Å². The topological polar surface area (TPSA) is 12.0 Å².